The van der Waals surface area contributed by atoms with Crippen molar-refractivity contribution in [3.05, 3.63) is 58.0 Å². The fourth-order valence-electron chi connectivity index (χ4n) is 11.7. The molecule has 2 aromatic carbocycles. The minimum absolute atomic E-state index is 0.0542. The summed E-state index contributed by atoms with van der Waals surface area (Å²) < 4.78 is 30.6. The summed E-state index contributed by atoms with van der Waals surface area (Å²) in [5.74, 6) is -6.18. The van der Waals surface area contributed by atoms with Gasteiger partial charge in [-0.1, -0.05) is 59.8 Å². The van der Waals surface area contributed by atoms with Crippen molar-refractivity contribution in [1.82, 2.24) is 15.1 Å². The quantitative estimate of drug-likeness (QED) is 0.195. The maximum Gasteiger partial charge on any atom is 0.410 e. The monoisotopic (exact) mass is 1010 g/mol. The minimum Gasteiger partial charge on any atom is -0.507 e. The third-order valence-corrected chi connectivity index (χ3v) is 16.3. The van der Waals surface area contributed by atoms with E-state index in [4.69, 9.17) is 28.7 Å². The molecule has 9 atom stereocenters. The van der Waals surface area contributed by atoms with Crippen LogP contribution in [0.2, 0.25) is 0 Å². The smallest absolute Gasteiger partial charge is 0.410 e. The van der Waals surface area contributed by atoms with Crippen molar-refractivity contribution in [3.8, 4) is 17.2 Å². The van der Waals surface area contributed by atoms with Gasteiger partial charge in [-0.25, -0.2) is 9.79 Å². The van der Waals surface area contributed by atoms with E-state index in [1.807, 2.05) is 6.92 Å². The third-order valence-electron chi connectivity index (χ3n) is 16.3. The molecule has 0 unspecified atom stereocenters. The number of anilines is 1. The molecule has 2 amide bonds. The number of nitrogens with zero attached hydrogens (tertiary/aromatic N) is 4. The van der Waals surface area contributed by atoms with Crippen LogP contribution in [0, 0.1) is 36.5 Å². The van der Waals surface area contributed by atoms with Crippen molar-refractivity contribution >= 4 is 34.2 Å². The fraction of sp³-hybridized carbons (Fsp3) is 0.655. The van der Waals surface area contributed by atoms with Crippen LogP contribution in [0.25, 0.3) is 10.8 Å². The third kappa shape index (κ3) is 10.9. The summed E-state index contributed by atoms with van der Waals surface area (Å²) in [6.07, 6.45) is 7.92. The number of aromatic hydroxyl groups is 2. The molecule has 0 aromatic heterocycles. The molecule has 7 aliphatic heterocycles. The van der Waals surface area contributed by atoms with Crippen molar-refractivity contribution in [2.24, 2.45) is 39.6 Å². The van der Waals surface area contributed by atoms with Gasteiger partial charge in [0.2, 0.25) is 0 Å². The molecule has 0 saturated carbocycles. The molecule has 7 aliphatic rings. The predicted molar refractivity (Wildman–Crippen MR) is 274 cm³/mol. The second kappa shape index (κ2) is 22.0. The molecule has 1 spiro atoms. The number of allylic oxidation sites excluding steroid dienone is 2. The van der Waals surface area contributed by atoms with Gasteiger partial charge < -0.3 is 64.5 Å². The van der Waals surface area contributed by atoms with E-state index in [1.54, 1.807) is 63.8 Å². The van der Waals surface area contributed by atoms with Gasteiger partial charge >= 0.3 is 11.9 Å². The molecule has 18 heteroatoms. The second-order valence-electron chi connectivity index (χ2n) is 22.1. The average Bonchev–Trinajstić information content (AvgIpc) is 3.87. The van der Waals surface area contributed by atoms with E-state index >= 15 is 0 Å². The number of hydrogen-bond donors (Lipinski definition) is 6. The first-order valence-electron chi connectivity index (χ1n) is 26.4. The summed E-state index contributed by atoms with van der Waals surface area (Å²) in [5, 5.41) is 55.4. The van der Waals surface area contributed by atoms with E-state index < -0.39 is 83.1 Å². The molecule has 400 valence electrons. The summed E-state index contributed by atoms with van der Waals surface area (Å²) in [5.41, 5.74) is -0.123. The summed E-state index contributed by atoms with van der Waals surface area (Å²) in [4.78, 5) is 56.8. The summed E-state index contributed by atoms with van der Waals surface area (Å²) in [7, 11) is 1.50. The van der Waals surface area contributed by atoms with E-state index in [0.717, 1.165) is 58.5 Å². The number of phenolic OH excluding ortho intramolecular Hbond substituents is 2. The number of rotatable bonds is 6. The molecule has 0 aliphatic carbocycles. The number of likely N-dealkylation sites (tertiary alicyclic amines) is 2. The van der Waals surface area contributed by atoms with Crippen LogP contribution < -0.4 is 26.1 Å². The highest BCUT2D eigenvalue weighted by Gasteiger charge is 2.51. The molecule has 5 bridgehead atoms. The number of fused-ring (bicyclic) bond motifs is 13. The van der Waals surface area contributed by atoms with E-state index in [-0.39, 0.29) is 55.7 Å². The number of aliphatic hydroxyl groups is 2. The van der Waals surface area contributed by atoms with Gasteiger partial charge in [0.1, 0.15) is 34.0 Å². The van der Waals surface area contributed by atoms with E-state index in [2.05, 4.69) is 34.4 Å². The lowest BCUT2D eigenvalue weighted by Gasteiger charge is -2.40. The maximum absolute atomic E-state index is 15.0. The summed E-state index contributed by atoms with van der Waals surface area (Å²) in [6, 6.07) is 0.646. The Balaban J connectivity index is 1.17. The Labute approximate surface area is 428 Å². The highest BCUT2D eigenvalue weighted by molar-refractivity contribution is 6.21. The number of nitrogens with one attached hydrogen (secondary N) is 2. The molecule has 7 heterocycles. The van der Waals surface area contributed by atoms with Gasteiger partial charge in [0.05, 0.1) is 41.2 Å². The van der Waals surface area contributed by atoms with Crippen LogP contribution >= 0.6 is 0 Å². The number of ketones is 1. The fourth-order valence-corrected chi connectivity index (χ4v) is 11.7. The Bertz CT molecular complexity index is 2630. The first kappa shape index (κ1) is 54.2. The van der Waals surface area contributed by atoms with Crippen molar-refractivity contribution in [1.29, 1.82) is 0 Å². The number of piperidine rings is 2. The first-order chi connectivity index (χ1) is 34.7. The minimum atomic E-state index is -1.98. The number of Topliss-reactive ketones (excluding diaryl/α,β-unsaturated/α-hetero) is 1. The van der Waals surface area contributed by atoms with E-state index in [9.17, 15) is 34.8 Å². The number of benzene rings is 2. The highest BCUT2D eigenvalue weighted by atomic mass is 16.7. The van der Waals surface area contributed by atoms with Gasteiger partial charge in [0, 0.05) is 125 Å². The number of carbonyl (C=O) groups excluding carboxylic acids is 3. The van der Waals surface area contributed by atoms with Crippen LogP contribution in [0.4, 0.5) is 10.5 Å². The molecule has 73 heavy (non-hydrogen) atoms. The standard InChI is InChI=1S/C55H78N6O12/c1-29(2)28-60-23-19-55(20-24-60)58-42-39-40-47(64)35(8)50-41(39)51(66)54(9,73-50)71-27-18-38(69-10)32(5)49(72-53(68)61-21-14-36(15-22-61)56-37-16-25-70-26-17-37)34(7)46(63)33(6)45(62)30(3)12-11-13-31(4)52(67)57-44(48(40)65)43(42)59-55/h11-13,18,27,29-30,32-34,36-38,45-46,49,56,58,62-65H,14-17,19-26,28H2,1-10H3/b12-11+,27-18+,31-13-,57-44?/t30-,32+,33+,34+,38-,45-,46+,49+,54-/m0/s1. The zero-order chi connectivity index (χ0) is 52.7. The largest absolute Gasteiger partial charge is 0.507 e. The van der Waals surface area contributed by atoms with Crippen LogP contribution in [-0.2, 0) is 23.7 Å². The number of hydrogen-bond acceptors (Lipinski definition) is 16. The van der Waals surface area contributed by atoms with Crippen molar-refractivity contribution in [2.45, 2.75) is 149 Å². The molecular weight excluding hydrogens is 937 g/mol. The van der Waals surface area contributed by atoms with Crippen LogP contribution in [0.3, 0.4) is 0 Å². The predicted octanol–water partition coefficient (Wildman–Crippen LogP) is 5.56. The van der Waals surface area contributed by atoms with Gasteiger partial charge in [0.15, 0.2) is 5.75 Å². The molecule has 3 fully saturated rings. The molecule has 18 nitrogen and oxygen atoms in total. The van der Waals surface area contributed by atoms with E-state index in [1.165, 1.54) is 20.3 Å². The normalized spacial score (nSPS) is 32.3. The van der Waals surface area contributed by atoms with Gasteiger partial charge in [-0.05, 0) is 51.5 Å². The SMILES string of the molecule is CO[C@H]1/C=C/O[C@@]2(C)Oc3c(C)c(O)c4c(O)c(c5c(c4c3C2=O)NC2(CCN(CC(C)C)CC2)N=5)=NC(=O)/C(C)=C\C=C\[C@H](C)[C@H](O)[C@@H](C)[C@@H](O)[C@@H](C)[C@H](OC(=O)N2CCC(NC3CCOCC3)CC2)[C@@H]1C. The van der Waals surface area contributed by atoms with Crippen LogP contribution in [0.5, 0.6) is 17.2 Å². The van der Waals surface area contributed by atoms with Crippen molar-refractivity contribution in [3.63, 3.8) is 0 Å². The highest BCUT2D eigenvalue weighted by Crippen LogP contribution is 2.51. The van der Waals surface area contributed by atoms with Crippen molar-refractivity contribution < 1.29 is 58.5 Å². The Morgan fingerprint density at radius 2 is 1.58 bits per heavy atom. The van der Waals surface area contributed by atoms with Crippen LogP contribution in [0.1, 0.15) is 110 Å². The number of ether oxygens (including phenoxy) is 5. The average molecular weight is 1020 g/mol. The van der Waals surface area contributed by atoms with Crippen LogP contribution in [0.15, 0.2) is 46.1 Å². The number of amides is 2. The molecule has 3 saturated heterocycles. The number of phenols is 2. The molecule has 2 aromatic rings. The lowest BCUT2D eigenvalue weighted by molar-refractivity contribution is -0.114. The van der Waals surface area contributed by atoms with Crippen molar-refractivity contribution in [2.75, 3.05) is 58.4 Å². The summed E-state index contributed by atoms with van der Waals surface area (Å²) in [6.45, 7) is 20.9. The Morgan fingerprint density at radius 1 is 0.904 bits per heavy atom. The first-order valence-corrected chi connectivity index (χ1v) is 26.4. The van der Waals surface area contributed by atoms with Gasteiger partial charge in [0.25, 0.3) is 11.7 Å². The van der Waals surface area contributed by atoms with Gasteiger partial charge in [-0.3, -0.25) is 14.6 Å². The maximum atomic E-state index is 15.0. The second-order valence-corrected chi connectivity index (χ2v) is 22.1. The Morgan fingerprint density at radius 3 is 2.23 bits per heavy atom. The lowest BCUT2D eigenvalue weighted by atomic mass is 9.78. The Hall–Kier alpha value is -5.11. The summed E-state index contributed by atoms with van der Waals surface area (Å²) >= 11 is 0. The van der Waals surface area contributed by atoms with E-state index in [0.29, 0.717) is 43.6 Å². The lowest BCUT2D eigenvalue weighted by Crippen LogP contribution is -2.51. The van der Waals surface area contributed by atoms with Gasteiger partial charge in [-0.2, -0.15) is 0 Å². The Kier molecular flexibility index (Phi) is 16.3. The zero-order valence-electron chi connectivity index (χ0n) is 44.3. The molecule has 0 radical (unpaired) electrons. The van der Waals surface area contributed by atoms with Gasteiger partial charge in [-0.15, -0.1) is 0 Å². The molecular formula is C55H78N6O12. The number of methoxy groups -OCH3 is 1. The number of carbonyl (C=O) groups is 3. The molecule has 6 N–H and O–H groups in total. The molecule has 9 rings (SSSR count). The number of aliphatic hydroxyl groups excluding tert-OH is 2. The topological polar surface area (TPSA) is 234 Å². The zero-order valence-corrected chi connectivity index (χ0v) is 44.3. The van der Waals surface area contributed by atoms with Crippen LogP contribution in [-0.4, -0.2) is 149 Å².